The predicted molar refractivity (Wildman–Crippen MR) is 81.7 cm³/mol. The predicted octanol–water partition coefficient (Wildman–Crippen LogP) is 2.80. The topological polar surface area (TPSA) is 51.4 Å². The van der Waals surface area contributed by atoms with Crippen molar-refractivity contribution in [2.45, 2.75) is 75.2 Å². The summed E-state index contributed by atoms with van der Waals surface area (Å²) in [6.07, 6.45) is 3.60. The number of hydrogen-bond donors (Lipinski definition) is 0. The summed E-state index contributed by atoms with van der Waals surface area (Å²) in [7, 11) is 1.30. The molecule has 22 heavy (non-hydrogen) atoms. The number of rotatable bonds is 4. The highest BCUT2D eigenvalue weighted by Gasteiger charge is 2.71. The molecular weight excluding hydrogens is 280 g/mol. The first-order chi connectivity index (χ1) is 11.7. The maximum Gasteiger partial charge on any atom is 0.162 e. The molecule has 2 saturated heterocycles. The molecule has 0 amide bonds. The second-order valence-corrected chi connectivity index (χ2v) is 7.13. The lowest BCUT2D eigenvalue weighted by atomic mass is 9.69. The second kappa shape index (κ2) is 5.15. The van der Waals surface area contributed by atoms with Gasteiger partial charge in [0, 0.05) is 16.2 Å². The molecule has 2 aliphatic carbocycles. The monoisotopic (exact) mass is 309 g/mol. The van der Waals surface area contributed by atoms with Gasteiger partial charge in [0.1, 0.15) is 17.3 Å². The number of epoxide rings is 2. The van der Waals surface area contributed by atoms with Crippen molar-refractivity contribution < 1.29 is 23.1 Å². The smallest absolute Gasteiger partial charge is 0.162 e. The molecule has 122 valence electrons. The van der Waals surface area contributed by atoms with Gasteiger partial charge in [-0.15, -0.1) is 0 Å². The minimum absolute atomic E-state index is 0.0275. The quantitative estimate of drug-likeness (QED) is 0.592. The SMILES string of the molecule is [2H]C1([2H])C[C@]2(CO2)[C@@H]([C@]2(C)O[C@@H]2CC=C2CCCC2)[C@]([2H])(OC)C1=O. The number of ether oxygens (including phenoxy) is 3. The van der Waals surface area contributed by atoms with Crippen molar-refractivity contribution in [1.29, 1.82) is 0 Å². The van der Waals surface area contributed by atoms with Gasteiger partial charge in [-0.05, 0) is 45.4 Å². The van der Waals surface area contributed by atoms with E-state index >= 15 is 0 Å². The van der Waals surface area contributed by atoms with Gasteiger partial charge in [-0.2, -0.15) is 0 Å². The van der Waals surface area contributed by atoms with Gasteiger partial charge in [0.2, 0.25) is 0 Å². The zero-order valence-electron chi connectivity index (χ0n) is 16.3. The Hall–Kier alpha value is -0.710. The van der Waals surface area contributed by atoms with Crippen molar-refractivity contribution in [3.8, 4) is 0 Å². The van der Waals surface area contributed by atoms with Gasteiger partial charge in [-0.1, -0.05) is 11.6 Å². The third-order valence-corrected chi connectivity index (χ3v) is 5.71. The molecule has 2 heterocycles. The third kappa shape index (κ3) is 2.27. The molecule has 1 spiro atoms. The number of ketones is 1. The highest BCUT2D eigenvalue weighted by Crippen LogP contribution is 2.58. The van der Waals surface area contributed by atoms with E-state index in [9.17, 15) is 4.79 Å². The van der Waals surface area contributed by atoms with E-state index in [1.54, 1.807) is 0 Å². The van der Waals surface area contributed by atoms with E-state index in [4.69, 9.17) is 18.3 Å². The Labute approximate surface area is 136 Å². The molecule has 4 nitrogen and oxygen atoms in total. The summed E-state index contributed by atoms with van der Waals surface area (Å²) in [6, 6.07) is 0. The van der Waals surface area contributed by atoms with E-state index in [0.29, 0.717) is 6.61 Å². The van der Waals surface area contributed by atoms with E-state index in [0.717, 1.165) is 19.3 Å². The number of hydrogen-bond acceptors (Lipinski definition) is 4. The zero-order valence-corrected chi connectivity index (χ0v) is 13.3. The minimum atomic E-state index is -2.11. The van der Waals surface area contributed by atoms with Gasteiger partial charge in [-0.25, -0.2) is 0 Å². The fraction of sp³-hybridized carbons (Fsp3) is 0.833. The molecule has 0 aromatic heterocycles. The van der Waals surface area contributed by atoms with Crippen LogP contribution in [0, 0.1) is 5.92 Å². The van der Waals surface area contributed by atoms with E-state index in [1.165, 1.54) is 25.5 Å². The van der Waals surface area contributed by atoms with Gasteiger partial charge in [-0.3, -0.25) is 4.79 Å². The molecule has 0 unspecified atom stereocenters. The number of carbonyl (C=O) groups is 1. The van der Waals surface area contributed by atoms with Crippen LogP contribution in [0.25, 0.3) is 0 Å². The van der Waals surface area contributed by atoms with Crippen molar-refractivity contribution in [3.05, 3.63) is 11.6 Å². The summed E-state index contributed by atoms with van der Waals surface area (Å²) >= 11 is 0. The maximum absolute atomic E-state index is 12.7. The van der Waals surface area contributed by atoms with Crippen LogP contribution in [0.5, 0.6) is 0 Å². The Morgan fingerprint density at radius 3 is 2.86 bits per heavy atom. The summed E-state index contributed by atoms with van der Waals surface area (Å²) in [5, 5.41) is 0. The van der Waals surface area contributed by atoms with Crippen LogP contribution in [0.15, 0.2) is 11.6 Å². The summed E-state index contributed by atoms with van der Waals surface area (Å²) in [5.41, 5.74) is -0.0647. The fourth-order valence-electron chi connectivity index (χ4n) is 4.26. The van der Waals surface area contributed by atoms with Gasteiger partial charge >= 0.3 is 0 Å². The highest BCUT2D eigenvalue weighted by atomic mass is 16.6. The van der Waals surface area contributed by atoms with Gasteiger partial charge in [0.15, 0.2) is 5.78 Å². The normalized spacial score (nSPS) is 54.7. The fourth-order valence-corrected chi connectivity index (χ4v) is 4.26. The van der Waals surface area contributed by atoms with E-state index in [2.05, 4.69) is 6.08 Å². The first-order valence-corrected chi connectivity index (χ1v) is 8.28. The summed E-state index contributed by atoms with van der Waals surface area (Å²) < 4.78 is 41.7. The lowest BCUT2D eigenvalue weighted by Gasteiger charge is -2.37. The van der Waals surface area contributed by atoms with Crippen LogP contribution < -0.4 is 0 Å². The largest absolute Gasteiger partial charge is 0.373 e. The third-order valence-electron chi connectivity index (χ3n) is 5.71. The first kappa shape index (κ1) is 11.8. The number of methoxy groups -OCH3 is 1. The molecule has 4 fully saturated rings. The molecule has 4 heteroatoms. The molecule has 2 aliphatic heterocycles. The van der Waals surface area contributed by atoms with Gasteiger partial charge in [0.05, 0.1) is 20.0 Å². The van der Waals surface area contributed by atoms with Crippen LogP contribution in [0.2, 0.25) is 0 Å². The number of allylic oxidation sites excluding steroid dienone is 1. The zero-order chi connectivity index (χ0) is 18.1. The molecule has 0 radical (unpaired) electrons. The highest BCUT2D eigenvalue weighted by molar-refractivity contribution is 5.85. The molecule has 2 saturated carbocycles. The molecule has 0 N–H and O–H groups in total. The molecule has 0 aromatic carbocycles. The first-order valence-electron chi connectivity index (χ1n) is 9.78. The van der Waals surface area contributed by atoms with Gasteiger partial charge < -0.3 is 14.2 Å². The minimum Gasteiger partial charge on any atom is -0.373 e. The number of carbonyl (C=O) groups excluding carboxylic acids is 1. The van der Waals surface area contributed by atoms with E-state index in [1.807, 2.05) is 6.92 Å². The van der Waals surface area contributed by atoms with Gasteiger partial charge in [0.25, 0.3) is 0 Å². The second-order valence-electron chi connectivity index (χ2n) is 7.13. The standard InChI is InChI=1S/C18H26O4/c1-17(14(22-17)8-7-12-5-3-4-6-12)16-15(20-2)13(19)9-10-18(16)11-21-18/h7,14-16H,3-6,8-11H2,1-2H3/t14-,15-,16-,17-,18+/m1/s1/i9D2,15D. The van der Waals surface area contributed by atoms with Crippen molar-refractivity contribution in [3.63, 3.8) is 0 Å². The number of Topliss-reactive ketones (excluding diaryl/α,β-unsaturated/α-hetero) is 1. The van der Waals surface area contributed by atoms with Crippen LogP contribution in [0.1, 0.15) is 55.9 Å². The lowest BCUT2D eigenvalue weighted by Crippen LogP contribution is -2.52. The van der Waals surface area contributed by atoms with E-state index < -0.39 is 35.4 Å². The van der Waals surface area contributed by atoms with Crippen LogP contribution in [0.3, 0.4) is 0 Å². The summed E-state index contributed by atoms with van der Waals surface area (Å²) in [5.74, 6) is -1.45. The Balaban J connectivity index is 1.60. The Bertz CT molecular complexity index is 622. The molecule has 4 aliphatic rings. The van der Waals surface area contributed by atoms with Crippen molar-refractivity contribution in [2.24, 2.45) is 5.92 Å². The van der Waals surface area contributed by atoms with Crippen LogP contribution >= 0.6 is 0 Å². The maximum atomic E-state index is 12.7. The van der Waals surface area contributed by atoms with Crippen molar-refractivity contribution >= 4 is 5.78 Å². The van der Waals surface area contributed by atoms with E-state index in [-0.39, 0.29) is 12.5 Å². The molecule has 5 atom stereocenters. The molecular formula is C18H26O4. The average molecular weight is 309 g/mol. The summed E-state index contributed by atoms with van der Waals surface area (Å²) in [4.78, 5) is 12.7. The summed E-state index contributed by atoms with van der Waals surface area (Å²) in [6.45, 7) is 2.26. The van der Waals surface area contributed by atoms with Crippen LogP contribution in [-0.4, -0.2) is 42.9 Å². The molecule has 0 bridgehead atoms. The van der Waals surface area contributed by atoms with Crippen LogP contribution in [0.4, 0.5) is 0 Å². The van der Waals surface area contributed by atoms with Crippen molar-refractivity contribution in [1.82, 2.24) is 0 Å². The Morgan fingerprint density at radius 1 is 1.50 bits per heavy atom. The lowest BCUT2D eigenvalue weighted by molar-refractivity contribution is -0.142. The molecule has 0 aromatic rings. The van der Waals surface area contributed by atoms with Crippen molar-refractivity contribution in [2.75, 3.05) is 13.7 Å². The Morgan fingerprint density at radius 2 is 2.23 bits per heavy atom. The molecule has 4 rings (SSSR count). The Kier molecular flexibility index (Phi) is 2.75. The average Bonchev–Trinajstić information content (AvgIpc) is 3.36. The van der Waals surface area contributed by atoms with Crippen LogP contribution in [-0.2, 0) is 19.0 Å².